The van der Waals surface area contributed by atoms with Crippen LogP contribution >= 0.6 is 0 Å². The highest BCUT2D eigenvalue weighted by Gasteiger charge is 2.08. The molecule has 0 aromatic carbocycles. The maximum Gasteiger partial charge on any atom is 0.330 e. The molecule has 0 aromatic heterocycles. The average Bonchev–Trinajstić information content (AvgIpc) is 2.75. The van der Waals surface area contributed by atoms with E-state index >= 15 is 0 Å². The summed E-state index contributed by atoms with van der Waals surface area (Å²) in [6.07, 6.45) is 15.8. The fourth-order valence-corrected chi connectivity index (χ4v) is 2.36. The van der Waals surface area contributed by atoms with Crippen LogP contribution in [-0.4, -0.2) is 37.2 Å². The van der Waals surface area contributed by atoms with E-state index in [-0.39, 0.29) is 12.6 Å². The summed E-state index contributed by atoms with van der Waals surface area (Å²) in [5.41, 5.74) is 0. The summed E-state index contributed by atoms with van der Waals surface area (Å²) in [6, 6.07) is 0. The van der Waals surface area contributed by atoms with Crippen LogP contribution in [-0.2, 0) is 28.6 Å². The molecule has 30 heavy (non-hydrogen) atoms. The summed E-state index contributed by atoms with van der Waals surface area (Å²) in [7, 11) is 0. The molecule has 172 valence electrons. The van der Waals surface area contributed by atoms with Gasteiger partial charge >= 0.3 is 17.9 Å². The van der Waals surface area contributed by atoms with E-state index in [1.165, 1.54) is 63.9 Å². The van der Waals surface area contributed by atoms with Crippen molar-refractivity contribution in [2.75, 3.05) is 13.2 Å². The Morgan fingerprint density at radius 1 is 0.700 bits per heavy atom. The molecule has 0 saturated carbocycles. The third-order valence-corrected chi connectivity index (χ3v) is 4.02. The molecule has 0 aromatic rings. The monoisotopic (exact) mass is 424 g/mol. The van der Waals surface area contributed by atoms with Gasteiger partial charge in [-0.15, -0.1) is 0 Å². The Kier molecular flexibility index (Phi) is 22.8. The van der Waals surface area contributed by atoms with E-state index in [1.807, 2.05) is 0 Å². The van der Waals surface area contributed by atoms with Crippen LogP contribution in [0, 0.1) is 0 Å². The summed E-state index contributed by atoms with van der Waals surface area (Å²) < 4.78 is 14.3. The van der Waals surface area contributed by atoms with Crippen LogP contribution in [0.2, 0.25) is 0 Å². The lowest BCUT2D eigenvalue weighted by Gasteiger charge is -2.10. The summed E-state index contributed by atoms with van der Waals surface area (Å²) >= 11 is 0. The SMILES string of the molecule is C=CC(=O)OCC(C)OC(=O)C=C.C=CC(=O)OCCCCCCCCCCCC. The predicted molar refractivity (Wildman–Crippen MR) is 120 cm³/mol. The van der Waals surface area contributed by atoms with Crippen LogP contribution in [0.15, 0.2) is 38.0 Å². The van der Waals surface area contributed by atoms with Crippen LogP contribution in [0.4, 0.5) is 0 Å². The number of carbonyl (C=O) groups excluding carboxylic acids is 3. The summed E-state index contributed by atoms with van der Waals surface area (Å²) in [6.45, 7) is 14.2. The molecule has 0 amide bonds. The van der Waals surface area contributed by atoms with Crippen LogP contribution in [0.1, 0.15) is 78.1 Å². The van der Waals surface area contributed by atoms with Gasteiger partial charge in [-0.05, 0) is 13.3 Å². The molecule has 0 aliphatic carbocycles. The first-order valence-corrected chi connectivity index (χ1v) is 10.8. The second kappa shape index (κ2) is 22.9. The van der Waals surface area contributed by atoms with Crippen LogP contribution in [0.3, 0.4) is 0 Å². The van der Waals surface area contributed by atoms with Gasteiger partial charge in [0.05, 0.1) is 6.61 Å². The molecule has 1 atom stereocenters. The number of esters is 3. The van der Waals surface area contributed by atoms with Crippen LogP contribution in [0.25, 0.3) is 0 Å². The second-order valence-electron chi connectivity index (χ2n) is 6.84. The molecule has 0 aliphatic heterocycles. The Hall–Kier alpha value is -2.37. The van der Waals surface area contributed by atoms with E-state index in [0.29, 0.717) is 6.61 Å². The molecule has 0 saturated heterocycles. The Morgan fingerprint density at radius 3 is 1.60 bits per heavy atom. The second-order valence-corrected chi connectivity index (χ2v) is 6.84. The van der Waals surface area contributed by atoms with Crippen molar-refractivity contribution in [3.05, 3.63) is 38.0 Å². The smallest absolute Gasteiger partial charge is 0.330 e. The van der Waals surface area contributed by atoms with Crippen molar-refractivity contribution in [3.63, 3.8) is 0 Å². The van der Waals surface area contributed by atoms with Crippen molar-refractivity contribution in [2.45, 2.75) is 84.2 Å². The van der Waals surface area contributed by atoms with Gasteiger partial charge in [-0.25, -0.2) is 14.4 Å². The molecule has 0 aliphatic rings. The molecule has 1 unspecified atom stereocenters. The Labute approximate surface area is 182 Å². The molecular formula is C24H40O6. The fourth-order valence-electron chi connectivity index (χ4n) is 2.36. The molecular weight excluding hydrogens is 384 g/mol. The number of carbonyl (C=O) groups is 3. The first-order valence-electron chi connectivity index (χ1n) is 10.8. The minimum absolute atomic E-state index is 0.0183. The van der Waals surface area contributed by atoms with Gasteiger partial charge in [0.1, 0.15) is 12.7 Å². The standard InChI is InChI=1S/C15H28O2.C9H12O4/c1-3-5-6-7-8-9-10-11-12-13-14-17-15(16)4-2;1-4-8(10)12-6-7(3)13-9(11)5-2/h4H,2-3,5-14H2,1H3;4-5,7H,1-2,6H2,3H3. The minimum atomic E-state index is -0.540. The van der Waals surface area contributed by atoms with E-state index in [0.717, 1.165) is 18.6 Å². The molecule has 0 spiro atoms. The normalized spacial score (nSPS) is 10.6. The number of unbranched alkanes of at least 4 members (excludes halogenated alkanes) is 9. The summed E-state index contributed by atoms with van der Waals surface area (Å²) in [5.74, 6) is -1.38. The number of ether oxygens (including phenoxy) is 3. The van der Waals surface area contributed by atoms with Crippen molar-refractivity contribution in [1.29, 1.82) is 0 Å². The molecule has 0 N–H and O–H groups in total. The van der Waals surface area contributed by atoms with Crippen molar-refractivity contribution in [3.8, 4) is 0 Å². The highest BCUT2D eigenvalue weighted by atomic mass is 16.6. The van der Waals surface area contributed by atoms with Gasteiger partial charge < -0.3 is 14.2 Å². The summed E-state index contributed by atoms with van der Waals surface area (Å²) in [5, 5.41) is 0. The lowest BCUT2D eigenvalue weighted by Crippen LogP contribution is -2.20. The van der Waals surface area contributed by atoms with Crippen molar-refractivity contribution >= 4 is 17.9 Å². The van der Waals surface area contributed by atoms with E-state index in [4.69, 9.17) is 9.47 Å². The molecule has 6 heteroatoms. The van der Waals surface area contributed by atoms with Gasteiger partial charge in [0.25, 0.3) is 0 Å². The fraction of sp³-hybridized carbons (Fsp3) is 0.625. The van der Waals surface area contributed by atoms with Crippen molar-refractivity contribution < 1.29 is 28.6 Å². The van der Waals surface area contributed by atoms with Crippen LogP contribution < -0.4 is 0 Å². The molecule has 6 nitrogen and oxygen atoms in total. The van der Waals surface area contributed by atoms with Gasteiger partial charge in [0.15, 0.2) is 0 Å². The number of hydrogen-bond donors (Lipinski definition) is 0. The number of hydrogen-bond acceptors (Lipinski definition) is 6. The number of rotatable bonds is 17. The van der Waals surface area contributed by atoms with E-state index in [1.54, 1.807) is 6.92 Å². The zero-order valence-electron chi connectivity index (χ0n) is 18.9. The first kappa shape index (κ1) is 29.8. The predicted octanol–water partition coefficient (Wildman–Crippen LogP) is 5.47. The third-order valence-electron chi connectivity index (χ3n) is 4.02. The molecule has 0 bridgehead atoms. The Morgan fingerprint density at radius 2 is 1.13 bits per heavy atom. The van der Waals surface area contributed by atoms with E-state index in [2.05, 4.69) is 31.4 Å². The maximum absolute atomic E-state index is 10.7. The third kappa shape index (κ3) is 23.7. The minimum Gasteiger partial charge on any atom is -0.463 e. The van der Waals surface area contributed by atoms with E-state index in [9.17, 15) is 14.4 Å². The Balaban J connectivity index is 0. The van der Waals surface area contributed by atoms with Gasteiger partial charge in [-0.1, -0.05) is 84.4 Å². The first-order chi connectivity index (χ1) is 14.4. The molecule has 0 heterocycles. The Bertz CT molecular complexity index is 498. The highest BCUT2D eigenvalue weighted by Crippen LogP contribution is 2.10. The summed E-state index contributed by atoms with van der Waals surface area (Å²) in [4.78, 5) is 31.9. The van der Waals surface area contributed by atoms with Gasteiger partial charge in [0.2, 0.25) is 0 Å². The van der Waals surface area contributed by atoms with Crippen LogP contribution in [0.5, 0.6) is 0 Å². The topological polar surface area (TPSA) is 78.9 Å². The molecule has 0 rings (SSSR count). The van der Waals surface area contributed by atoms with Crippen molar-refractivity contribution in [1.82, 2.24) is 0 Å². The maximum atomic E-state index is 10.7. The van der Waals surface area contributed by atoms with Gasteiger partial charge in [-0.3, -0.25) is 0 Å². The molecule has 0 fully saturated rings. The zero-order chi connectivity index (χ0) is 23.0. The lowest BCUT2D eigenvalue weighted by molar-refractivity contribution is -0.151. The largest absolute Gasteiger partial charge is 0.463 e. The van der Waals surface area contributed by atoms with E-state index < -0.39 is 18.0 Å². The average molecular weight is 425 g/mol. The highest BCUT2D eigenvalue weighted by molar-refractivity contribution is 5.82. The lowest BCUT2D eigenvalue weighted by atomic mass is 10.1. The van der Waals surface area contributed by atoms with Gasteiger partial charge in [0, 0.05) is 18.2 Å². The quantitative estimate of drug-likeness (QED) is 0.133. The zero-order valence-corrected chi connectivity index (χ0v) is 18.9. The molecule has 0 radical (unpaired) electrons. The van der Waals surface area contributed by atoms with Crippen molar-refractivity contribution in [2.24, 2.45) is 0 Å². The van der Waals surface area contributed by atoms with Gasteiger partial charge in [-0.2, -0.15) is 0 Å².